The number of ether oxygens (including phenoxy) is 5. The first-order valence-corrected chi connectivity index (χ1v) is 46.2. The summed E-state index contributed by atoms with van der Waals surface area (Å²) in [6.07, 6.45) is 22.8. The molecule has 0 saturated carbocycles. The van der Waals surface area contributed by atoms with Gasteiger partial charge in [0.2, 0.25) is 0 Å². The van der Waals surface area contributed by atoms with Gasteiger partial charge in [-0.3, -0.25) is 24.2 Å². The summed E-state index contributed by atoms with van der Waals surface area (Å²) in [5.74, 6) is 3.88. The number of methoxy groups -OCH3 is 3. The normalized spacial score (nSPS) is 33.5. The van der Waals surface area contributed by atoms with Crippen molar-refractivity contribution in [3.8, 4) is 0 Å². The van der Waals surface area contributed by atoms with Crippen molar-refractivity contribution in [2.75, 3.05) is 81.7 Å². The molecule has 14 bridgehead atoms. The van der Waals surface area contributed by atoms with Gasteiger partial charge in [-0.15, -0.1) is 0 Å². The molecular formula is C101H136Cl2FN7O9. The van der Waals surface area contributed by atoms with Gasteiger partial charge in [0.05, 0.1) is 45.7 Å². The molecule has 12 saturated heterocycles. The number of hydrogen-bond donors (Lipinski definition) is 1. The van der Waals surface area contributed by atoms with E-state index in [9.17, 15) is 23.6 Å². The number of hydrogen-bond acceptors (Lipinski definition) is 16. The Hall–Kier alpha value is -6.93. The lowest BCUT2D eigenvalue weighted by Gasteiger charge is -2.43. The number of carbonyl (C=O) groups is 4. The number of piperidine rings is 6. The lowest BCUT2D eigenvalue weighted by Crippen LogP contribution is -2.49. The summed E-state index contributed by atoms with van der Waals surface area (Å²) < 4.78 is 38.9. The molecule has 6 aromatic rings. The zero-order valence-corrected chi connectivity index (χ0v) is 75.3. The average Bonchev–Trinajstić information content (AvgIpc) is 1.64. The molecule has 24 unspecified atom stereocenters. The molecule has 0 aromatic heterocycles. The summed E-state index contributed by atoms with van der Waals surface area (Å²) in [7, 11) is 17.7. The quantitative estimate of drug-likeness (QED) is 0.0863. The van der Waals surface area contributed by atoms with E-state index in [1.54, 1.807) is 17.7 Å². The van der Waals surface area contributed by atoms with E-state index in [0.717, 1.165) is 128 Å². The molecule has 0 spiro atoms. The minimum absolute atomic E-state index is 0.0175. The van der Waals surface area contributed by atoms with Crippen molar-refractivity contribution in [2.45, 2.75) is 277 Å². The Kier molecular flexibility index (Phi) is 29.7. The number of rotatable bonds is 13. The van der Waals surface area contributed by atoms with Crippen molar-refractivity contribution in [2.24, 2.45) is 35.5 Å². The molecule has 120 heavy (non-hydrogen) atoms. The molecule has 13 aliphatic rings. The summed E-state index contributed by atoms with van der Waals surface area (Å²) in [4.78, 5) is 63.8. The van der Waals surface area contributed by atoms with Crippen LogP contribution >= 0.6 is 23.2 Å². The molecule has 6 aromatic carbocycles. The topological polar surface area (TPSA) is 146 Å². The third-order valence-corrected chi connectivity index (χ3v) is 32.4. The van der Waals surface area contributed by atoms with E-state index >= 15 is 0 Å². The maximum atomic E-state index is 13.1. The molecule has 13 heterocycles. The van der Waals surface area contributed by atoms with E-state index in [-0.39, 0.29) is 59.5 Å². The summed E-state index contributed by atoms with van der Waals surface area (Å²) in [6, 6.07) is 56.3. The predicted octanol–water partition coefficient (Wildman–Crippen LogP) is 19.6. The maximum Gasteiger partial charge on any atom is 0.507 e. The number of nitrogens with one attached hydrogen (secondary N) is 1. The van der Waals surface area contributed by atoms with Crippen LogP contribution in [0.2, 0.25) is 10.0 Å². The van der Waals surface area contributed by atoms with Crippen molar-refractivity contribution in [1.82, 2.24) is 29.8 Å². The number of esters is 3. The predicted molar refractivity (Wildman–Crippen MR) is 478 cm³/mol. The minimum atomic E-state index is -0.599. The second-order valence-corrected chi connectivity index (χ2v) is 38.6. The molecule has 12 fully saturated rings. The molecule has 0 amide bonds. The number of carbonyl (C=O) groups excluding carboxylic acids is 4. The Morgan fingerprint density at radius 2 is 0.883 bits per heavy atom. The van der Waals surface area contributed by atoms with Crippen molar-refractivity contribution in [3.63, 3.8) is 0 Å². The highest BCUT2D eigenvalue weighted by Gasteiger charge is 2.54. The van der Waals surface area contributed by atoms with Crippen molar-refractivity contribution in [3.05, 3.63) is 206 Å². The fourth-order valence-electron chi connectivity index (χ4n) is 25.1. The third kappa shape index (κ3) is 19.4. The van der Waals surface area contributed by atoms with Gasteiger partial charge in [-0.25, -0.2) is 9.18 Å². The lowest BCUT2D eigenvalue weighted by molar-refractivity contribution is -0.159. The smallest absolute Gasteiger partial charge is 0.469 e. The molecule has 19 heteroatoms. The number of halogens is 3. The summed E-state index contributed by atoms with van der Waals surface area (Å²) in [5.41, 5.74) is 12.1. The molecule has 1 N–H and O–H groups in total. The van der Waals surface area contributed by atoms with Crippen LogP contribution in [0.25, 0.3) is 0 Å². The van der Waals surface area contributed by atoms with Crippen molar-refractivity contribution < 1.29 is 47.3 Å². The molecular weight excluding hydrogens is 1550 g/mol. The minimum Gasteiger partial charge on any atom is -0.469 e. The molecule has 0 radical (unpaired) electrons. The highest BCUT2D eigenvalue weighted by atomic mass is 35.5. The fraction of sp³-hybridized carbons (Fsp3) is 0.604. The zero-order chi connectivity index (χ0) is 84.9. The van der Waals surface area contributed by atoms with Crippen LogP contribution in [0.4, 0.5) is 14.9 Å². The van der Waals surface area contributed by atoms with Crippen LogP contribution in [0.5, 0.6) is 0 Å². The highest BCUT2D eigenvalue weighted by molar-refractivity contribution is 6.30. The van der Waals surface area contributed by atoms with Crippen LogP contribution < -0.4 is 10.2 Å². The molecule has 13 aliphatic heterocycles. The Morgan fingerprint density at radius 3 is 1.44 bits per heavy atom. The van der Waals surface area contributed by atoms with Crippen molar-refractivity contribution in [1.29, 1.82) is 0 Å². The molecule has 650 valence electrons. The number of anilines is 1. The molecule has 16 nitrogen and oxygen atoms in total. The van der Waals surface area contributed by atoms with E-state index in [2.05, 4.69) is 207 Å². The number of aryl methyl sites for hydroxylation is 2. The monoisotopic (exact) mass is 1680 g/mol. The summed E-state index contributed by atoms with van der Waals surface area (Å²) in [6.45, 7) is 12.6. The van der Waals surface area contributed by atoms with Gasteiger partial charge in [0, 0.05) is 125 Å². The first-order valence-electron chi connectivity index (χ1n) is 45.5. The first kappa shape index (κ1) is 89.4. The van der Waals surface area contributed by atoms with Crippen LogP contribution in [0.3, 0.4) is 0 Å². The van der Waals surface area contributed by atoms with Gasteiger partial charge < -0.3 is 48.6 Å². The summed E-state index contributed by atoms with van der Waals surface area (Å²) >= 11 is 12.0. The Morgan fingerprint density at radius 1 is 0.450 bits per heavy atom. The largest absolute Gasteiger partial charge is 0.507 e. The molecule has 0 aliphatic carbocycles. The average molecular weight is 1680 g/mol. The third-order valence-electron chi connectivity index (χ3n) is 31.9. The van der Waals surface area contributed by atoms with Crippen LogP contribution in [-0.2, 0) is 38.1 Å². The Bertz CT molecular complexity index is 4370. The van der Waals surface area contributed by atoms with Gasteiger partial charge in [0.1, 0.15) is 11.9 Å². The second-order valence-electron chi connectivity index (χ2n) is 37.8. The van der Waals surface area contributed by atoms with E-state index in [1.807, 2.05) is 30.3 Å². The first-order chi connectivity index (χ1) is 57.9. The highest BCUT2D eigenvalue weighted by Crippen LogP contribution is 2.53. The van der Waals surface area contributed by atoms with Gasteiger partial charge in [-0.05, 0) is 289 Å². The standard InChI is InChI=1S/C21H31NO2.C17H22ClNO3.C17H24N2.C16H21NO2.C15H20ClN.C15H18FNO2/c1-5-17(6-2)24-21(23)20-18(15-9-7-14(3)8-10-15)13-16-11-12-19(20)22(16)4;1-19-13-7-8-16(19)15(10-22-17(20)21-2)14(9-13)11-3-5-12(18)6-4-11;1-11-4-5-12-8-17(11)18(2)10-15-14(12)9-13-6-7-16(15)19(13)3;1-17-12-8-9-14(17)15(16(18)19-2)13(10-12)11-6-4-3-5-7-11;1-10-14(11-3-5-12(16)6-4-11)9-13-7-8-15(10)17(13)2;1-19-15(18)14-12(8-11-6-7-13(14)17-11)9-2-4-10(16)5-3-9/h7-10,16-20H,5-6,11-13H2,1-4H3;3-6,13-16H,7-10H2,1-2H3;4-5,8,13-16H,6-7,9-10H2,1-3H3;3-7,12-15H,8-10H2,1-2H3;3-6,10,13-15H,7-9H2,1-2H3;2-5,11-14,17H,6-8H2,1H3. The van der Waals surface area contributed by atoms with E-state index < -0.39 is 6.16 Å². The van der Waals surface area contributed by atoms with E-state index in [0.29, 0.717) is 72.6 Å². The van der Waals surface area contributed by atoms with Crippen LogP contribution in [0, 0.1) is 55.2 Å². The number of fused-ring (bicyclic) bond motifs is 17. The second kappa shape index (κ2) is 39.9. The SMILES string of the molecule is CC1C(c2ccc(Cl)cc2)CC2CCC1N2C.CCC(CC)OC(=O)C1C(c2ccc(C)cc2)CC2CCC1N2C.COC(=O)C1C(c2ccccc2)CC2CCC1N2C.COC(=O)C1C2CCC(CC1c1ccc(F)cc1)N2.COC(=O)OCC1C(c2ccc(Cl)cc2)CC2CCC1N2C.Cc1ccc2cc1N(C)CC1C2CC2CCC1N2C. The van der Waals surface area contributed by atoms with E-state index in [1.165, 1.54) is 143 Å². The Balaban J connectivity index is 0.000000118. The zero-order valence-electron chi connectivity index (χ0n) is 73.8. The van der Waals surface area contributed by atoms with Gasteiger partial charge >= 0.3 is 24.1 Å². The lowest BCUT2D eigenvalue weighted by atomic mass is 9.76. The molecule has 19 rings (SSSR count). The van der Waals surface area contributed by atoms with Gasteiger partial charge in [0.15, 0.2) is 0 Å². The van der Waals surface area contributed by atoms with Crippen LogP contribution in [-0.4, -0.2) is 204 Å². The van der Waals surface area contributed by atoms with Gasteiger partial charge in [0.25, 0.3) is 0 Å². The summed E-state index contributed by atoms with van der Waals surface area (Å²) in [5, 5.41) is 5.09. The van der Waals surface area contributed by atoms with Gasteiger partial charge in [-0.2, -0.15) is 0 Å². The van der Waals surface area contributed by atoms with Crippen LogP contribution in [0.15, 0.2) is 146 Å². The van der Waals surface area contributed by atoms with Crippen molar-refractivity contribution >= 4 is 53.0 Å². The maximum absolute atomic E-state index is 13.1. The van der Waals surface area contributed by atoms with E-state index in [4.69, 9.17) is 42.1 Å². The fourth-order valence-corrected chi connectivity index (χ4v) is 25.3. The van der Waals surface area contributed by atoms with Gasteiger partial charge in [-0.1, -0.05) is 153 Å². The molecule has 24 atom stereocenters. The Labute approximate surface area is 725 Å². The number of benzene rings is 6. The van der Waals surface area contributed by atoms with Crippen LogP contribution in [0.1, 0.15) is 229 Å². The number of nitrogens with zero attached hydrogens (tertiary/aromatic N) is 6.